The van der Waals surface area contributed by atoms with Crippen LogP contribution in [-0.4, -0.2) is 109 Å². The number of rotatable bonds is 35. The monoisotopic (exact) mass is 819 g/mol. The van der Waals surface area contributed by atoms with Gasteiger partial charge < -0.3 is 34.2 Å². The van der Waals surface area contributed by atoms with Crippen LogP contribution in [0.1, 0.15) is 155 Å². The molecule has 1 saturated carbocycles. The van der Waals surface area contributed by atoms with E-state index in [-0.39, 0.29) is 37.9 Å². The third-order valence-corrected chi connectivity index (χ3v) is 11.3. The highest BCUT2D eigenvalue weighted by Crippen LogP contribution is 2.43. The molecule has 1 aliphatic carbocycles. The summed E-state index contributed by atoms with van der Waals surface area (Å²) in [6.07, 6.45) is 24.6. The average Bonchev–Trinajstić information content (AvgIpc) is 3.40. The van der Waals surface area contributed by atoms with E-state index in [1.54, 1.807) is 6.08 Å². The van der Waals surface area contributed by atoms with Gasteiger partial charge in [0.05, 0.1) is 46.1 Å². The molecule has 13 heteroatoms. The first-order valence-electron chi connectivity index (χ1n) is 21.8. The van der Waals surface area contributed by atoms with Crippen molar-refractivity contribution in [1.82, 2.24) is 0 Å². The number of esters is 2. The minimum atomic E-state index is -4.43. The molecule has 0 radical (unpaired) electrons. The van der Waals surface area contributed by atoms with E-state index in [9.17, 15) is 34.4 Å². The van der Waals surface area contributed by atoms with Crippen LogP contribution in [0.15, 0.2) is 24.3 Å². The van der Waals surface area contributed by atoms with Crippen LogP contribution in [-0.2, 0) is 32.7 Å². The molecule has 1 fully saturated rings. The summed E-state index contributed by atoms with van der Waals surface area (Å²) >= 11 is 0. The smallest absolute Gasteiger partial charge is 0.462 e. The minimum Gasteiger partial charge on any atom is -0.462 e. The number of allylic oxidation sites excluding steroid dienone is 2. The van der Waals surface area contributed by atoms with Gasteiger partial charge in [-0.2, -0.15) is 0 Å². The molecule has 0 aliphatic heterocycles. The van der Waals surface area contributed by atoms with E-state index in [0.29, 0.717) is 49.6 Å². The van der Waals surface area contributed by atoms with Gasteiger partial charge in [0.15, 0.2) is 6.10 Å². The third kappa shape index (κ3) is 27.9. The van der Waals surface area contributed by atoms with Crippen molar-refractivity contribution in [2.75, 3.05) is 47.5 Å². The van der Waals surface area contributed by atoms with Crippen molar-refractivity contribution in [3.8, 4) is 0 Å². The van der Waals surface area contributed by atoms with Crippen LogP contribution >= 0.6 is 7.82 Å². The first kappa shape index (κ1) is 52.4. The Labute approximate surface area is 339 Å². The molecule has 0 aromatic carbocycles. The van der Waals surface area contributed by atoms with Gasteiger partial charge in [-0.25, -0.2) is 4.57 Å². The highest BCUT2D eigenvalue weighted by Gasteiger charge is 2.39. The van der Waals surface area contributed by atoms with E-state index in [1.807, 2.05) is 39.4 Å². The Kier molecular flexibility index (Phi) is 29.3. The molecule has 1 rings (SSSR count). The predicted octanol–water partition coefficient (Wildman–Crippen LogP) is 8.34. The van der Waals surface area contributed by atoms with Crippen LogP contribution in [0.25, 0.3) is 0 Å². The SMILES string of the molecule is CCCCCCCCCCCCCCC(=O)O[C@H](COC(=O)CCC/C=C/C[C@@H]1[C@@H](/C=C/[C@@H](O)CCCCC)[C@H](O)C[C@@H]1O)COP(=O)(O)OCC[N+](C)(C)C. The fourth-order valence-corrected chi connectivity index (χ4v) is 7.51. The number of carbonyl (C=O) groups excluding carboxylic acids is 2. The molecule has 12 nitrogen and oxygen atoms in total. The van der Waals surface area contributed by atoms with Crippen LogP contribution in [0.3, 0.4) is 0 Å². The Morgan fingerprint density at radius 3 is 1.98 bits per heavy atom. The van der Waals surface area contributed by atoms with Gasteiger partial charge in [-0.1, -0.05) is 128 Å². The summed E-state index contributed by atoms with van der Waals surface area (Å²) in [6.45, 7) is 4.03. The summed E-state index contributed by atoms with van der Waals surface area (Å²) in [5, 5.41) is 31.3. The van der Waals surface area contributed by atoms with E-state index in [1.165, 1.54) is 51.4 Å². The minimum absolute atomic E-state index is 0.00568. The first-order chi connectivity index (χ1) is 26.7. The molecule has 7 atom stereocenters. The Balaban J connectivity index is 2.52. The zero-order chi connectivity index (χ0) is 41.7. The Hall–Kier alpha value is -1.63. The van der Waals surface area contributed by atoms with Gasteiger partial charge in [0, 0.05) is 25.2 Å². The summed E-state index contributed by atoms with van der Waals surface area (Å²) in [4.78, 5) is 35.5. The van der Waals surface area contributed by atoms with Crippen molar-refractivity contribution in [3.05, 3.63) is 24.3 Å². The van der Waals surface area contributed by atoms with Gasteiger partial charge in [0.1, 0.15) is 19.8 Å². The Morgan fingerprint density at radius 2 is 1.36 bits per heavy atom. The van der Waals surface area contributed by atoms with E-state index in [2.05, 4.69) is 13.8 Å². The van der Waals surface area contributed by atoms with Crippen molar-refractivity contribution >= 4 is 19.8 Å². The van der Waals surface area contributed by atoms with Gasteiger partial charge in [-0.15, -0.1) is 0 Å². The molecule has 0 bridgehead atoms. The molecule has 0 spiro atoms. The molecule has 1 aliphatic rings. The zero-order valence-corrected chi connectivity index (χ0v) is 36.6. The molecule has 0 aromatic heterocycles. The maximum absolute atomic E-state index is 12.7. The zero-order valence-electron chi connectivity index (χ0n) is 35.7. The Morgan fingerprint density at radius 1 is 0.768 bits per heavy atom. The fraction of sp³-hybridized carbons (Fsp3) is 0.860. The molecular weight excluding hydrogens is 737 g/mol. The number of ether oxygens (including phenoxy) is 2. The lowest BCUT2D eigenvalue weighted by Gasteiger charge is -2.24. The van der Waals surface area contributed by atoms with Crippen LogP contribution in [0.5, 0.6) is 0 Å². The van der Waals surface area contributed by atoms with Gasteiger partial charge >= 0.3 is 19.8 Å². The summed E-state index contributed by atoms with van der Waals surface area (Å²) in [7, 11) is 1.35. The number of aliphatic hydroxyl groups is 3. The number of phosphoric ester groups is 1. The van der Waals surface area contributed by atoms with Crippen LogP contribution in [0.4, 0.5) is 0 Å². The van der Waals surface area contributed by atoms with E-state index >= 15 is 0 Å². The van der Waals surface area contributed by atoms with Crippen LogP contribution < -0.4 is 0 Å². The lowest BCUT2D eigenvalue weighted by Crippen LogP contribution is -2.37. The number of nitrogens with zero attached hydrogens (tertiary/aromatic N) is 1. The summed E-state index contributed by atoms with van der Waals surface area (Å²) in [5.41, 5.74) is 0. The highest BCUT2D eigenvalue weighted by atomic mass is 31.2. The van der Waals surface area contributed by atoms with Crippen molar-refractivity contribution in [1.29, 1.82) is 0 Å². The maximum atomic E-state index is 12.7. The second-order valence-corrected chi connectivity index (χ2v) is 18.2. The van der Waals surface area contributed by atoms with Crippen molar-refractivity contribution in [2.45, 2.75) is 180 Å². The molecular formula is C43H81NO11P+. The second-order valence-electron chi connectivity index (χ2n) is 16.7. The van der Waals surface area contributed by atoms with Crippen LogP contribution in [0.2, 0.25) is 0 Å². The molecule has 0 aromatic rings. The third-order valence-electron chi connectivity index (χ3n) is 10.3. The number of unbranched alkanes of at least 4 members (excludes halogenated alkanes) is 14. The molecule has 0 amide bonds. The van der Waals surface area contributed by atoms with Gasteiger partial charge in [-0.3, -0.25) is 18.6 Å². The number of carbonyl (C=O) groups is 2. The number of hydrogen-bond acceptors (Lipinski definition) is 10. The van der Waals surface area contributed by atoms with Gasteiger partial charge in [-0.05, 0) is 38.0 Å². The molecule has 56 heavy (non-hydrogen) atoms. The summed E-state index contributed by atoms with van der Waals surface area (Å²) in [6, 6.07) is 0. The van der Waals surface area contributed by atoms with E-state index < -0.39 is 50.8 Å². The topological polar surface area (TPSA) is 169 Å². The van der Waals surface area contributed by atoms with Crippen molar-refractivity contribution in [2.24, 2.45) is 11.8 Å². The van der Waals surface area contributed by atoms with Gasteiger partial charge in [0.2, 0.25) is 0 Å². The standard InChI is InChI=1S/C43H80NO11P/c1-6-8-10-11-12-13-14-15-16-17-18-24-28-43(49)55-37(35-54-56(50,51)53-32-31-44(3,4)5)34-52-42(48)27-23-20-19-22-26-38-39(41(47)33-40(38)46)30-29-36(45)25-21-9-7-2/h19,22,29-30,36-41,45-47H,6-18,20-21,23-28,31-35H2,1-5H3/p+1/b22-19+,30-29+/t36-,37+,38+,39+,40-,41+/m0/s1. The summed E-state index contributed by atoms with van der Waals surface area (Å²) < 4.78 is 34.2. The highest BCUT2D eigenvalue weighted by molar-refractivity contribution is 7.47. The molecule has 328 valence electrons. The molecule has 4 N–H and O–H groups in total. The van der Waals surface area contributed by atoms with Crippen LogP contribution in [0, 0.1) is 11.8 Å². The first-order valence-corrected chi connectivity index (χ1v) is 23.3. The second kappa shape index (κ2) is 31.3. The quantitative estimate of drug-likeness (QED) is 0.0159. The number of phosphoric acid groups is 1. The lowest BCUT2D eigenvalue weighted by atomic mass is 9.89. The van der Waals surface area contributed by atoms with E-state index in [4.69, 9.17) is 18.5 Å². The van der Waals surface area contributed by atoms with Crippen molar-refractivity contribution in [3.63, 3.8) is 0 Å². The lowest BCUT2D eigenvalue weighted by molar-refractivity contribution is -0.870. The predicted molar refractivity (Wildman–Crippen MR) is 222 cm³/mol. The number of likely N-dealkylation sites (N-methyl/N-ethyl adjacent to an activating group) is 1. The largest absolute Gasteiger partial charge is 0.472 e. The maximum Gasteiger partial charge on any atom is 0.472 e. The molecule has 1 unspecified atom stereocenters. The normalized spacial score (nSPS) is 21.1. The average molecular weight is 819 g/mol. The van der Waals surface area contributed by atoms with Crippen molar-refractivity contribution < 1.29 is 57.4 Å². The van der Waals surface area contributed by atoms with Gasteiger partial charge in [0.25, 0.3) is 0 Å². The Bertz CT molecular complexity index is 1130. The number of aliphatic hydroxyl groups excluding tert-OH is 3. The number of quaternary nitrogens is 1. The fourth-order valence-electron chi connectivity index (χ4n) is 6.77. The molecule has 0 heterocycles. The van der Waals surface area contributed by atoms with E-state index in [0.717, 1.165) is 38.5 Å². The summed E-state index contributed by atoms with van der Waals surface area (Å²) in [5.74, 6) is -1.38. The number of hydrogen-bond donors (Lipinski definition) is 4. The molecule has 0 saturated heterocycles.